The molecule has 1 atom stereocenters. The van der Waals surface area contributed by atoms with Crippen LogP contribution in [-0.4, -0.2) is 30.5 Å². The van der Waals surface area contributed by atoms with Crippen molar-refractivity contribution in [3.63, 3.8) is 0 Å². The molecule has 1 aromatic carbocycles. The molecular formula is C18H18F3N3S. The van der Waals surface area contributed by atoms with Crippen LogP contribution in [0.15, 0.2) is 47.8 Å². The van der Waals surface area contributed by atoms with E-state index < -0.39 is 11.9 Å². The highest BCUT2D eigenvalue weighted by Crippen LogP contribution is 2.33. The minimum Gasteiger partial charge on any atom is -0.382 e. The molecule has 1 N–H and O–H groups in total. The summed E-state index contributed by atoms with van der Waals surface area (Å²) in [4.78, 5) is 6.95. The number of halogens is 3. The fraction of sp³-hybridized carbons (Fsp3) is 0.278. The molecule has 3 rings (SSSR count). The van der Waals surface area contributed by atoms with Gasteiger partial charge in [-0.3, -0.25) is 0 Å². The Morgan fingerprint density at radius 2 is 1.92 bits per heavy atom. The molecule has 25 heavy (non-hydrogen) atoms. The molecule has 0 radical (unpaired) electrons. The molecule has 132 valence electrons. The summed E-state index contributed by atoms with van der Waals surface area (Å²) in [6.07, 6.45) is -4.48. The lowest BCUT2D eigenvalue weighted by molar-refractivity contribution is -0.140. The van der Waals surface area contributed by atoms with Gasteiger partial charge in [0.2, 0.25) is 0 Å². The molecule has 0 saturated carbocycles. The van der Waals surface area contributed by atoms with E-state index in [1.54, 1.807) is 35.6 Å². The maximum Gasteiger partial charge on any atom is 0.433 e. The third kappa shape index (κ3) is 3.93. The normalized spacial score (nSPS) is 13.4. The number of thiophene rings is 1. The van der Waals surface area contributed by atoms with E-state index in [0.717, 1.165) is 10.9 Å². The molecular weight excluding hydrogens is 347 g/mol. The SMILES string of the molecule is CN(C)[C@H](CNc1cc(C(F)(F)F)nc2ccccc12)c1cccs1. The standard InChI is InChI=1S/C18H18F3N3S/c1-24(2)15(16-8-5-9-25-16)11-22-14-10-17(18(19,20)21)23-13-7-4-3-6-12(13)14/h3-10,15H,11H2,1-2H3,(H,22,23)/t15-/m1/s1. The zero-order valence-electron chi connectivity index (χ0n) is 13.8. The van der Waals surface area contributed by atoms with E-state index in [1.807, 2.05) is 36.5 Å². The minimum atomic E-state index is -4.48. The average molecular weight is 365 g/mol. The van der Waals surface area contributed by atoms with Crippen molar-refractivity contribution in [1.29, 1.82) is 0 Å². The topological polar surface area (TPSA) is 28.2 Å². The number of anilines is 1. The minimum absolute atomic E-state index is 0.0706. The van der Waals surface area contributed by atoms with E-state index in [2.05, 4.69) is 10.3 Å². The summed E-state index contributed by atoms with van der Waals surface area (Å²) in [5.74, 6) is 0. The lowest BCUT2D eigenvalue weighted by atomic mass is 10.1. The smallest absolute Gasteiger partial charge is 0.382 e. The molecule has 7 heteroatoms. The number of hydrogen-bond acceptors (Lipinski definition) is 4. The predicted octanol–water partition coefficient (Wildman–Crippen LogP) is 5.03. The van der Waals surface area contributed by atoms with Gasteiger partial charge in [0, 0.05) is 22.5 Å². The van der Waals surface area contributed by atoms with Gasteiger partial charge in [-0.1, -0.05) is 24.3 Å². The van der Waals surface area contributed by atoms with Gasteiger partial charge in [-0.2, -0.15) is 13.2 Å². The molecule has 0 spiro atoms. The van der Waals surface area contributed by atoms with E-state index in [9.17, 15) is 13.2 Å². The second kappa shape index (κ2) is 7.01. The first kappa shape index (κ1) is 17.7. The molecule has 0 aliphatic carbocycles. The summed E-state index contributed by atoms with van der Waals surface area (Å²) in [5.41, 5.74) is -0.107. The zero-order valence-corrected chi connectivity index (χ0v) is 14.7. The Balaban J connectivity index is 1.94. The Labute approximate surface area is 148 Å². The maximum atomic E-state index is 13.1. The van der Waals surface area contributed by atoms with Crippen LogP contribution in [0.4, 0.5) is 18.9 Å². The number of nitrogens with one attached hydrogen (secondary N) is 1. The molecule has 0 aliphatic rings. The van der Waals surface area contributed by atoms with Crippen LogP contribution in [0.3, 0.4) is 0 Å². The van der Waals surface area contributed by atoms with Gasteiger partial charge in [-0.25, -0.2) is 4.98 Å². The molecule has 0 saturated heterocycles. The van der Waals surface area contributed by atoms with Crippen molar-refractivity contribution < 1.29 is 13.2 Å². The number of fused-ring (bicyclic) bond motifs is 1. The van der Waals surface area contributed by atoms with E-state index in [-0.39, 0.29) is 6.04 Å². The Hall–Kier alpha value is -2.12. The molecule has 0 unspecified atom stereocenters. The van der Waals surface area contributed by atoms with Crippen molar-refractivity contribution in [2.75, 3.05) is 26.0 Å². The van der Waals surface area contributed by atoms with Crippen LogP contribution < -0.4 is 5.32 Å². The highest BCUT2D eigenvalue weighted by molar-refractivity contribution is 7.10. The number of para-hydroxylation sites is 1. The van der Waals surface area contributed by atoms with Crippen molar-refractivity contribution in [3.05, 3.63) is 58.4 Å². The van der Waals surface area contributed by atoms with Crippen LogP contribution in [0.25, 0.3) is 10.9 Å². The third-order valence-electron chi connectivity index (χ3n) is 3.99. The molecule has 2 aromatic heterocycles. The molecule has 3 aromatic rings. The van der Waals surface area contributed by atoms with E-state index >= 15 is 0 Å². The lowest BCUT2D eigenvalue weighted by Gasteiger charge is -2.24. The number of rotatable bonds is 5. The van der Waals surface area contributed by atoms with Crippen molar-refractivity contribution in [2.24, 2.45) is 0 Å². The van der Waals surface area contributed by atoms with Gasteiger partial charge in [-0.15, -0.1) is 11.3 Å². The Bertz CT molecular complexity index is 844. The second-order valence-electron chi connectivity index (χ2n) is 5.95. The number of alkyl halides is 3. The number of benzene rings is 1. The number of hydrogen-bond donors (Lipinski definition) is 1. The van der Waals surface area contributed by atoms with Gasteiger partial charge in [0.1, 0.15) is 5.69 Å². The van der Waals surface area contributed by atoms with Gasteiger partial charge in [0.15, 0.2) is 0 Å². The highest BCUT2D eigenvalue weighted by Gasteiger charge is 2.33. The van der Waals surface area contributed by atoms with Crippen LogP contribution in [0.1, 0.15) is 16.6 Å². The summed E-state index contributed by atoms with van der Waals surface area (Å²) in [5, 5.41) is 5.87. The Kier molecular flexibility index (Phi) is 4.96. The second-order valence-corrected chi connectivity index (χ2v) is 6.92. The zero-order chi connectivity index (χ0) is 18.0. The Morgan fingerprint density at radius 1 is 1.16 bits per heavy atom. The average Bonchev–Trinajstić information content (AvgIpc) is 3.07. The highest BCUT2D eigenvalue weighted by atomic mass is 32.1. The van der Waals surface area contributed by atoms with Gasteiger partial charge in [0.05, 0.1) is 11.6 Å². The largest absolute Gasteiger partial charge is 0.433 e. The van der Waals surface area contributed by atoms with Crippen molar-refractivity contribution in [2.45, 2.75) is 12.2 Å². The first-order valence-electron chi connectivity index (χ1n) is 7.77. The van der Waals surface area contributed by atoms with Gasteiger partial charge in [0.25, 0.3) is 0 Å². The van der Waals surface area contributed by atoms with E-state index in [1.165, 1.54) is 0 Å². The quantitative estimate of drug-likeness (QED) is 0.687. The van der Waals surface area contributed by atoms with E-state index in [0.29, 0.717) is 23.1 Å². The maximum absolute atomic E-state index is 13.1. The summed E-state index contributed by atoms with van der Waals surface area (Å²) in [6.45, 7) is 0.499. The van der Waals surface area contributed by atoms with Crippen LogP contribution in [0.5, 0.6) is 0 Å². The van der Waals surface area contributed by atoms with Crippen LogP contribution in [0.2, 0.25) is 0 Å². The molecule has 0 aliphatic heterocycles. The molecule has 3 nitrogen and oxygen atoms in total. The van der Waals surface area contributed by atoms with Crippen molar-refractivity contribution in [1.82, 2.24) is 9.88 Å². The molecule has 0 amide bonds. The van der Waals surface area contributed by atoms with Gasteiger partial charge >= 0.3 is 6.18 Å². The molecule has 0 fully saturated rings. The monoisotopic (exact) mass is 365 g/mol. The number of nitrogens with zero attached hydrogens (tertiary/aromatic N) is 2. The fourth-order valence-corrected chi connectivity index (χ4v) is 3.61. The first-order chi connectivity index (χ1) is 11.9. The molecule has 0 bridgehead atoms. The van der Waals surface area contributed by atoms with Gasteiger partial charge < -0.3 is 10.2 Å². The number of likely N-dealkylation sites (N-methyl/N-ethyl adjacent to an activating group) is 1. The summed E-state index contributed by atoms with van der Waals surface area (Å²) in [6, 6.07) is 12.0. The summed E-state index contributed by atoms with van der Waals surface area (Å²) in [7, 11) is 3.91. The van der Waals surface area contributed by atoms with Crippen molar-refractivity contribution in [3.8, 4) is 0 Å². The predicted molar refractivity (Wildman–Crippen MR) is 96.0 cm³/mol. The van der Waals surface area contributed by atoms with Crippen LogP contribution in [0, 0.1) is 0 Å². The summed E-state index contributed by atoms with van der Waals surface area (Å²) < 4.78 is 39.4. The van der Waals surface area contributed by atoms with E-state index in [4.69, 9.17) is 0 Å². The van der Waals surface area contributed by atoms with Crippen molar-refractivity contribution >= 4 is 27.9 Å². The van der Waals surface area contributed by atoms with Crippen LogP contribution >= 0.6 is 11.3 Å². The molecule has 2 heterocycles. The van der Waals surface area contributed by atoms with Gasteiger partial charge in [-0.05, 0) is 37.7 Å². The fourth-order valence-electron chi connectivity index (χ4n) is 2.69. The van der Waals surface area contributed by atoms with Crippen LogP contribution in [-0.2, 0) is 6.18 Å². The Morgan fingerprint density at radius 3 is 2.56 bits per heavy atom. The number of aromatic nitrogens is 1. The summed E-state index contributed by atoms with van der Waals surface area (Å²) >= 11 is 1.63. The number of pyridine rings is 1. The lowest BCUT2D eigenvalue weighted by Crippen LogP contribution is -2.26. The first-order valence-corrected chi connectivity index (χ1v) is 8.65. The third-order valence-corrected chi connectivity index (χ3v) is 4.96.